The summed E-state index contributed by atoms with van der Waals surface area (Å²) in [6.07, 6.45) is -1.12. The zero-order valence-corrected chi connectivity index (χ0v) is 19.8. The monoisotopic (exact) mass is 460 g/mol. The van der Waals surface area contributed by atoms with Gasteiger partial charge in [0.2, 0.25) is 0 Å². The van der Waals surface area contributed by atoms with Crippen LogP contribution in [0.15, 0.2) is 54.6 Å². The van der Waals surface area contributed by atoms with Crippen molar-refractivity contribution in [2.45, 2.75) is 49.8 Å². The summed E-state index contributed by atoms with van der Waals surface area (Å²) in [4.78, 5) is 23.7. The highest BCUT2D eigenvalue weighted by atomic mass is 32.2. The van der Waals surface area contributed by atoms with Gasteiger partial charge < -0.3 is 25.2 Å². The Hall–Kier alpha value is -2.87. The molecule has 0 spiro atoms. The number of amides is 2. The van der Waals surface area contributed by atoms with Crippen molar-refractivity contribution in [3.05, 3.63) is 65.7 Å². The topological polar surface area (TPSA) is 96.9 Å². The lowest BCUT2D eigenvalue weighted by atomic mass is 10.0. The number of carbonyl (C=O) groups excluding carboxylic acids is 1. The van der Waals surface area contributed by atoms with E-state index < -0.39 is 23.8 Å². The van der Waals surface area contributed by atoms with Gasteiger partial charge in [-0.05, 0) is 50.5 Å². The van der Waals surface area contributed by atoms with Crippen molar-refractivity contribution in [2.24, 2.45) is 0 Å². The summed E-state index contributed by atoms with van der Waals surface area (Å²) in [7, 11) is 1.62. The van der Waals surface area contributed by atoms with Gasteiger partial charge in [-0.2, -0.15) is 0 Å². The standard InChI is InChI=1S/C24H32N2O5S/c1-24(2,3)31-23(29)25-15-21(32-16-18-10-12-19(30-4)13-11-18)20(26-22(27)28)14-17-8-6-5-7-9-17/h5-13,20-21,26H,14-16H2,1-4H3,(H,25,29)(H,27,28)/t20-,21?/m1/s1. The van der Waals surface area contributed by atoms with E-state index in [0.717, 1.165) is 16.9 Å². The molecule has 0 aliphatic rings. The van der Waals surface area contributed by atoms with E-state index in [4.69, 9.17) is 9.47 Å². The van der Waals surface area contributed by atoms with Crippen LogP contribution in [0.25, 0.3) is 0 Å². The van der Waals surface area contributed by atoms with Crippen LogP contribution in [-0.2, 0) is 16.9 Å². The van der Waals surface area contributed by atoms with Crippen molar-refractivity contribution in [2.75, 3.05) is 13.7 Å². The molecular formula is C24H32N2O5S. The van der Waals surface area contributed by atoms with Gasteiger partial charge in [0, 0.05) is 23.6 Å². The molecule has 0 saturated carbocycles. The SMILES string of the molecule is COc1ccc(CSC(CNC(=O)OC(C)(C)C)[C@@H](Cc2ccccc2)NC(=O)O)cc1. The van der Waals surface area contributed by atoms with E-state index in [1.807, 2.05) is 54.6 Å². The fourth-order valence-corrected chi connectivity index (χ4v) is 4.24. The molecule has 2 aromatic carbocycles. The van der Waals surface area contributed by atoms with E-state index in [1.165, 1.54) is 0 Å². The first-order valence-electron chi connectivity index (χ1n) is 10.4. The minimum Gasteiger partial charge on any atom is -0.497 e. The van der Waals surface area contributed by atoms with E-state index in [1.54, 1.807) is 39.6 Å². The van der Waals surface area contributed by atoms with Gasteiger partial charge in [-0.3, -0.25) is 0 Å². The zero-order chi connectivity index (χ0) is 23.6. The molecule has 7 nitrogen and oxygen atoms in total. The molecule has 0 radical (unpaired) electrons. The maximum atomic E-state index is 12.2. The van der Waals surface area contributed by atoms with Crippen LogP contribution in [0.5, 0.6) is 5.75 Å². The van der Waals surface area contributed by atoms with Gasteiger partial charge in [0.25, 0.3) is 0 Å². The number of ether oxygens (including phenoxy) is 2. The molecule has 0 bridgehead atoms. The quantitative estimate of drug-likeness (QED) is 0.476. The second-order valence-electron chi connectivity index (χ2n) is 8.33. The fourth-order valence-electron chi connectivity index (χ4n) is 3.04. The molecular weight excluding hydrogens is 428 g/mol. The molecule has 2 amide bonds. The number of benzene rings is 2. The maximum absolute atomic E-state index is 12.2. The molecule has 174 valence electrons. The molecule has 2 atom stereocenters. The van der Waals surface area contributed by atoms with Gasteiger partial charge >= 0.3 is 12.2 Å². The van der Waals surface area contributed by atoms with Crippen molar-refractivity contribution in [1.82, 2.24) is 10.6 Å². The van der Waals surface area contributed by atoms with Gasteiger partial charge in [-0.15, -0.1) is 11.8 Å². The summed E-state index contributed by atoms with van der Waals surface area (Å²) >= 11 is 1.58. The lowest BCUT2D eigenvalue weighted by molar-refractivity contribution is 0.0527. The third-order valence-electron chi connectivity index (χ3n) is 4.53. The van der Waals surface area contributed by atoms with Crippen LogP contribution in [0.2, 0.25) is 0 Å². The van der Waals surface area contributed by atoms with Crippen molar-refractivity contribution in [1.29, 1.82) is 0 Å². The van der Waals surface area contributed by atoms with E-state index in [2.05, 4.69) is 10.6 Å². The Balaban J connectivity index is 2.15. The van der Waals surface area contributed by atoms with Crippen molar-refractivity contribution in [3.63, 3.8) is 0 Å². The Morgan fingerprint density at radius 3 is 2.25 bits per heavy atom. The summed E-state index contributed by atoms with van der Waals surface area (Å²) in [5.74, 6) is 1.42. The number of carboxylic acid groups (broad SMARTS) is 1. The Bertz CT molecular complexity index is 853. The number of carbonyl (C=O) groups is 2. The molecule has 0 heterocycles. The second-order valence-corrected chi connectivity index (χ2v) is 9.55. The number of nitrogens with one attached hydrogen (secondary N) is 2. The Morgan fingerprint density at radius 1 is 1.03 bits per heavy atom. The Morgan fingerprint density at radius 2 is 1.69 bits per heavy atom. The summed E-state index contributed by atoms with van der Waals surface area (Å²) in [6.45, 7) is 5.65. The number of methoxy groups -OCH3 is 1. The molecule has 2 aromatic rings. The van der Waals surface area contributed by atoms with Crippen LogP contribution in [0, 0.1) is 0 Å². The highest BCUT2D eigenvalue weighted by molar-refractivity contribution is 7.99. The van der Waals surface area contributed by atoms with Gasteiger partial charge in [-0.1, -0.05) is 42.5 Å². The number of alkyl carbamates (subject to hydrolysis) is 1. The fraction of sp³-hybridized carbons (Fsp3) is 0.417. The minimum absolute atomic E-state index is 0.221. The summed E-state index contributed by atoms with van der Waals surface area (Å²) < 4.78 is 10.5. The van der Waals surface area contributed by atoms with E-state index >= 15 is 0 Å². The average molecular weight is 461 g/mol. The molecule has 32 heavy (non-hydrogen) atoms. The van der Waals surface area contributed by atoms with Crippen molar-refractivity contribution < 1.29 is 24.2 Å². The number of hydrogen-bond donors (Lipinski definition) is 3. The smallest absolute Gasteiger partial charge is 0.407 e. The molecule has 8 heteroatoms. The predicted molar refractivity (Wildman–Crippen MR) is 127 cm³/mol. The van der Waals surface area contributed by atoms with Gasteiger partial charge in [0.05, 0.1) is 7.11 Å². The molecule has 0 saturated heterocycles. The van der Waals surface area contributed by atoms with Crippen LogP contribution in [0.3, 0.4) is 0 Å². The molecule has 1 unspecified atom stereocenters. The molecule has 0 fully saturated rings. The van der Waals surface area contributed by atoms with Gasteiger partial charge in [0.1, 0.15) is 11.4 Å². The molecule has 2 rings (SSSR count). The van der Waals surface area contributed by atoms with Crippen LogP contribution in [-0.4, -0.2) is 47.8 Å². The normalized spacial score (nSPS) is 13.0. The summed E-state index contributed by atoms with van der Waals surface area (Å²) in [5.41, 5.74) is 1.48. The van der Waals surface area contributed by atoms with E-state index in [-0.39, 0.29) is 11.8 Å². The number of rotatable bonds is 10. The summed E-state index contributed by atoms with van der Waals surface area (Å²) in [6, 6.07) is 17.0. The van der Waals surface area contributed by atoms with Gasteiger partial charge in [0.15, 0.2) is 0 Å². The second kappa shape index (κ2) is 12.2. The van der Waals surface area contributed by atoms with E-state index in [9.17, 15) is 14.7 Å². The van der Waals surface area contributed by atoms with Crippen LogP contribution < -0.4 is 15.4 Å². The largest absolute Gasteiger partial charge is 0.497 e. The zero-order valence-electron chi connectivity index (χ0n) is 19.0. The minimum atomic E-state index is -1.10. The van der Waals surface area contributed by atoms with Gasteiger partial charge in [-0.25, -0.2) is 9.59 Å². The number of hydrogen-bond acceptors (Lipinski definition) is 5. The molecule has 3 N–H and O–H groups in total. The first-order chi connectivity index (χ1) is 15.2. The highest BCUT2D eigenvalue weighted by Gasteiger charge is 2.26. The van der Waals surface area contributed by atoms with E-state index in [0.29, 0.717) is 12.2 Å². The van der Waals surface area contributed by atoms with Crippen LogP contribution in [0.4, 0.5) is 9.59 Å². The highest BCUT2D eigenvalue weighted by Crippen LogP contribution is 2.24. The molecule has 0 aliphatic carbocycles. The average Bonchev–Trinajstić information content (AvgIpc) is 2.73. The number of thioether (sulfide) groups is 1. The maximum Gasteiger partial charge on any atom is 0.407 e. The third-order valence-corrected chi connectivity index (χ3v) is 5.95. The lowest BCUT2D eigenvalue weighted by Crippen LogP contribution is -2.48. The Kier molecular flexibility index (Phi) is 9.71. The lowest BCUT2D eigenvalue weighted by Gasteiger charge is -2.28. The Labute approximate surface area is 193 Å². The molecule has 0 aromatic heterocycles. The van der Waals surface area contributed by atoms with Crippen LogP contribution >= 0.6 is 11.8 Å². The summed E-state index contributed by atoms with van der Waals surface area (Å²) in [5, 5.41) is 14.7. The first kappa shape index (κ1) is 25.4. The van der Waals surface area contributed by atoms with Crippen molar-refractivity contribution >= 4 is 23.9 Å². The first-order valence-corrected chi connectivity index (χ1v) is 11.5. The third kappa shape index (κ3) is 9.51. The van der Waals surface area contributed by atoms with Crippen molar-refractivity contribution in [3.8, 4) is 5.75 Å². The predicted octanol–water partition coefficient (Wildman–Crippen LogP) is 4.70. The van der Waals surface area contributed by atoms with Crippen LogP contribution in [0.1, 0.15) is 31.9 Å². The molecule has 0 aliphatic heterocycles.